The minimum absolute atomic E-state index is 0.610. The molecule has 0 bridgehead atoms. The van der Waals surface area contributed by atoms with Crippen LogP contribution in [0.3, 0.4) is 0 Å². The molecule has 0 aliphatic rings. The molecule has 3 aromatic heterocycles. The minimum atomic E-state index is 0.610. The van der Waals surface area contributed by atoms with Crippen molar-refractivity contribution in [3.63, 3.8) is 0 Å². The predicted octanol–water partition coefficient (Wildman–Crippen LogP) is 4.30. The van der Waals surface area contributed by atoms with Gasteiger partial charge in [-0.25, -0.2) is 9.97 Å². The van der Waals surface area contributed by atoms with Gasteiger partial charge in [0.1, 0.15) is 11.5 Å². The van der Waals surface area contributed by atoms with Crippen molar-refractivity contribution < 1.29 is 4.74 Å². The molecular formula is C21H29N5O. The maximum Gasteiger partial charge on any atom is 0.213 e. The molecular weight excluding hydrogens is 338 g/mol. The van der Waals surface area contributed by atoms with Crippen LogP contribution >= 0.6 is 0 Å². The lowest BCUT2D eigenvalue weighted by Gasteiger charge is -2.24. The van der Waals surface area contributed by atoms with Crippen LogP contribution < -0.4 is 9.64 Å². The van der Waals surface area contributed by atoms with Gasteiger partial charge in [-0.15, -0.1) is 0 Å². The van der Waals surface area contributed by atoms with Crippen molar-refractivity contribution in [1.29, 1.82) is 0 Å². The van der Waals surface area contributed by atoms with Gasteiger partial charge in [0.05, 0.1) is 18.5 Å². The average Bonchev–Trinajstić information content (AvgIpc) is 3.06. The van der Waals surface area contributed by atoms with Gasteiger partial charge in [0, 0.05) is 37.1 Å². The smallest absolute Gasteiger partial charge is 0.213 e. The zero-order valence-electron chi connectivity index (χ0n) is 17.0. The van der Waals surface area contributed by atoms with Crippen LogP contribution in [-0.4, -0.2) is 39.6 Å². The summed E-state index contributed by atoms with van der Waals surface area (Å²) in [4.78, 5) is 16.6. The summed E-state index contributed by atoms with van der Waals surface area (Å²) in [5, 5.41) is 0. The van der Waals surface area contributed by atoms with Gasteiger partial charge in [-0.05, 0) is 32.3 Å². The number of hydrogen-bond donors (Lipinski definition) is 0. The van der Waals surface area contributed by atoms with E-state index in [4.69, 9.17) is 9.72 Å². The summed E-state index contributed by atoms with van der Waals surface area (Å²) in [6.45, 7) is 10.6. The number of rotatable bonds is 8. The van der Waals surface area contributed by atoms with Crippen LogP contribution in [0.2, 0.25) is 0 Å². The summed E-state index contributed by atoms with van der Waals surface area (Å²) in [7, 11) is 1.63. The first-order valence-electron chi connectivity index (χ1n) is 9.77. The Morgan fingerprint density at radius 1 is 1.07 bits per heavy atom. The molecule has 0 saturated heterocycles. The predicted molar refractivity (Wildman–Crippen MR) is 110 cm³/mol. The summed E-state index contributed by atoms with van der Waals surface area (Å²) < 4.78 is 7.43. The van der Waals surface area contributed by atoms with Crippen molar-refractivity contribution in [2.45, 2.75) is 47.0 Å². The maximum absolute atomic E-state index is 5.24. The summed E-state index contributed by atoms with van der Waals surface area (Å²) >= 11 is 0. The number of methoxy groups -OCH3 is 1. The quantitative estimate of drug-likeness (QED) is 0.594. The Morgan fingerprint density at radius 2 is 1.81 bits per heavy atom. The van der Waals surface area contributed by atoms with Crippen molar-refractivity contribution in [3.8, 4) is 17.1 Å². The highest BCUT2D eigenvalue weighted by atomic mass is 16.5. The topological polar surface area (TPSA) is 55.5 Å². The van der Waals surface area contributed by atoms with Crippen LogP contribution in [0.15, 0.2) is 24.5 Å². The number of fused-ring (bicyclic) bond motifs is 1. The number of hydrogen-bond acceptors (Lipinski definition) is 5. The normalized spacial score (nSPS) is 11.1. The summed E-state index contributed by atoms with van der Waals surface area (Å²) in [5.41, 5.74) is 4.73. The van der Waals surface area contributed by atoms with Crippen LogP contribution in [0.25, 0.3) is 16.9 Å². The van der Waals surface area contributed by atoms with Gasteiger partial charge in [0.2, 0.25) is 5.88 Å². The molecule has 144 valence electrons. The zero-order chi connectivity index (χ0) is 19.4. The minimum Gasteiger partial charge on any atom is -0.481 e. The van der Waals surface area contributed by atoms with Crippen LogP contribution in [0.4, 0.5) is 5.82 Å². The molecule has 0 radical (unpaired) electrons. The third-order valence-corrected chi connectivity index (χ3v) is 4.73. The Kier molecular flexibility index (Phi) is 5.94. The number of imidazole rings is 1. The molecule has 0 amide bonds. The van der Waals surface area contributed by atoms with Crippen molar-refractivity contribution in [3.05, 3.63) is 35.9 Å². The van der Waals surface area contributed by atoms with Crippen molar-refractivity contribution >= 4 is 11.5 Å². The van der Waals surface area contributed by atoms with E-state index < -0.39 is 0 Å². The third kappa shape index (κ3) is 3.61. The maximum atomic E-state index is 5.24. The molecule has 0 saturated carbocycles. The first-order chi connectivity index (χ1) is 13.1. The number of anilines is 1. The highest BCUT2D eigenvalue weighted by Gasteiger charge is 2.20. The van der Waals surface area contributed by atoms with Crippen LogP contribution in [0.5, 0.6) is 5.88 Å². The van der Waals surface area contributed by atoms with E-state index in [1.54, 1.807) is 7.11 Å². The average molecular weight is 367 g/mol. The van der Waals surface area contributed by atoms with E-state index in [9.17, 15) is 0 Å². The van der Waals surface area contributed by atoms with E-state index in [1.807, 2.05) is 31.5 Å². The van der Waals surface area contributed by atoms with Gasteiger partial charge in [-0.1, -0.05) is 20.8 Å². The molecule has 3 heterocycles. The Balaban J connectivity index is 2.20. The lowest BCUT2D eigenvalue weighted by Crippen LogP contribution is -2.27. The first-order valence-corrected chi connectivity index (χ1v) is 9.77. The molecule has 0 aliphatic carbocycles. The second-order valence-electron chi connectivity index (χ2n) is 6.68. The standard InChI is InChI=1S/C21H29N5O/c1-6-12-25(13-7-2)21-17(8-3)24-20-19(22-11-14-26(20)21)16-9-10-18(27-5)23-15(16)4/h9-11,14H,6-8,12-13H2,1-5H3. The summed E-state index contributed by atoms with van der Waals surface area (Å²) in [6, 6.07) is 3.89. The Labute approximate surface area is 161 Å². The van der Waals surface area contributed by atoms with Gasteiger partial charge in [0.15, 0.2) is 5.65 Å². The number of aryl methyl sites for hydroxylation is 2. The molecule has 27 heavy (non-hydrogen) atoms. The monoisotopic (exact) mass is 367 g/mol. The SMILES string of the molecule is CCCN(CCC)c1c(CC)nc2c(-c3ccc(OC)nc3C)nccn12. The second-order valence-corrected chi connectivity index (χ2v) is 6.68. The molecule has 0 N–H and O–H groups in total. The highest BCUT2D eigenvalue weighted by Crippen LogP contribution is 2.31. The number of pyridine rings is 1. The Bertz CT molecular complexity index is 912. The van der Waals surface area contributed by atoms with Crippen LogP contribution in [-0.2, 0) is 6.42 Å². The van der Waals surface area contributed by atoms with E-state index in [1.165, 1.54) is 5.82 Å². The van der Waals surface area contributed by atoms with Crippen molar-refractivity contribution in [2.24, 2.45) is 0 Å². The lowest BCUT2D eigenvalue weighted by atomic mass is 10.1. The number of aromatic nitrogens is 4. The fourth-order valence-corrected chi connectivity index (χ4v) is 3.54. The van der Waals surface area contributed by atoms with Gasteiger partial charge in [-0.2, -0.15) is 0 Å². The molecule has 6 heteroatoms. The van der Waals surface area contributed by atoms with Gasteiger partial charge in [-0.3, -0.25) is 9.38 Å². The van der Waals surface area contributed by atoms with E-state index in [2.05, 4.69) is 40.0 Å². The molecule has 3 aromatic rings. The van der Waals surface area contributed by atoms with Gasteiger partial charge in [0.25, 0.3) is 0 Å². The van der Waals surface area contributed by atoms with E-state index in [0.717, 1.165) is 60.6 Å². The molecule has 0 spiro atoms. The van der Waals surface area contributed by atoms with E-state index in [-0.39, 0.29) is 0 Å². The Morgan fingerprint density at radius 3 is 2.41 bits per heavy atom. The van der Waals surface area contributed by atoms with Crippen LogP contribution in [0, 0.1) is 6.92 Å². The second kappa shape index (κ2) is 8.37. The van der Waals surface area contributed by atoms with Crippen molar-refractivity contribution in [2.75, 3.05) is 25.1 Å². The van der Waals surface area contributed by atoms with E-state index >= 15 is 0 Å². The zero-order valence-corrected chi connectivity index (χ0v) is 17.0. The molecule has 0 fully saturated rings. The molecule has 0 aromatic carbocycles. The fourth-order valence-electron chi connectivity index (χ4n) is 3.54. The van der Waals surface area contributed by atoms with Crippen molar-refractivity contribution in [1.82, 2.24) is 19.4 Å². The first kappa shape index (κ1) is 19.1. The molecule has 3 rings (SSSR count). The van der Waals surface area contributed by atoms with Crippen LogP contribution in [0.1, 0.15) is 45.0 Å². The van der Waals surface area contributed by atoms with Gasteiger partial charge >= 0.3 is 0 Å². The highest BCUT2D eigenvalue weighted by molar-refractivity contribution is 5.77. The third-order valence-electron chi connectivity index (χ3n) is 4.73. The molecule has 0 unspecified atom stereocenters. The molecule has 6 nitrogen and oxygen atoms in total. The molecule has 0 aliphatic heterocycles. The Hall–Kier alpha value is -2.63. The van der Waals surface area contributed by atoms with Gasteiger partial charge < -0.3 is 9.64 Å². The molecule has 0 atom stereocenters. The summed E-state index contributed by atoms with van der Waals surface area (Å²) in [5.74, 6) is 1.80. The fraction of sp³-hybridized carbons (Fsp3) is 0.476. The summed E-state index contributed by atoms with van der Waals surface area (Å²) in [6.07, 6.45) is 6.98. The number of nitrogens with zero attached hydrogens (tertiary/aromatic N) is 5. The lowest BCUT2D eigenvalue weighted by molar-refractivity contribution is 0.397. The largest absolute Gasteiger partial charge is 0.481 e. The number of ether oxygens (including phenoxy) is 1. The van der Waals surface area contributed by atoms with E-state index in [0.29, 0.717) is 5.88 Å².